The number of nitrogens with one attached hydrogen (secondary N) is 4. The van der Waals surface area contributed by atoms with Crippen LogP contribution in [0.15, 0.2) is 85.2 Å². The van der Waals surface area contributed by atoms with E-state index in [9.17, 15) is 19.1 Å². The molecule has 2 heterocycles. The van der Waals surface area contributed by atoms with Crippen LogP contribution in [0.1, 0.15) is 56.8 Å². The maximum absolute atomic E-state index is 13.4. The molecule has 1 aliphatic rings. The lowest BCUT2D eigenvalue weighted by molar-refractivity contribution is 0.0492. The monoisotopic (exact) mass is 651 g/mol. The number of amides is 2. The number of aromatic nitrogens is 3. The highest BCUT2D eigenvalue weighted by atomic mass is 19.1. The van der Waals surface area contributed by atoms with Crippen molar-refractivity contribution >= 4 is 40.5 Å². The molecule has 0 radical (unpaired) electrons. The van der Waals surface area contributed by atoms with Gasteiger partial charge in [-0.05, 0) is 94.5 Å². The predicted molar refractivity (Wildman–Crippen MR) is 183 cm³/mol. The van der Waals surface area contributed by atoms with Crippen molar-refractivity contribution in [3.63, 3.8) is 0 Å². The van der Waals surface area contributed by atoms with E-state index in [1.165, 1.54) is 18.2 Å². The molecular weight excluding hydrogens is 613 g/mol. The SMILES string of the molecule is CC(C)(C)OC(=O)NC1CCC(Nc2cc(Nc3ccc(NC(=O)c4cccc(-c5ccc(F)cc5)c4O)cc3)c3nccn3n2)CC1. The number of alkyl carbamates (subject to hydrolysis) is 1. The lowest BCUT2D eigenvalue weighted by Gasteiger charge is -2.30. The van der Waals surface area contributed by atoms with Gasteiger partial charge < -0.3 is 31.1 Å². The topological polar surface area (TPSA) is 142 Å². The molecule has 5 N–H and O–H groups in total. The third-order valence-electron chi connectivity index (χ3n) is 8.02. The van der Waals surface area contributed by atoms with E-state index in [1.54, 1.807) is 53.3 Å². The standard InChI is InChI=1S/C36H38FN7O4/c1-36(2,3)48-35(47)42-27-17-13-25(14-18-27)40-31-21-30(33-38-19-20-44(33)43-31)39-24-11-15-26(16-12-24)41-34(46)29-6-4-5-28(32(29)45)22-7-9-23(37)10-8-22/h4-12,15-16,19-21,25,27,39,45H,13-14,17-18H2,1-3H3,(H,40,43)(H,41,46)(H,42,47). The quantitative estimate of drug-likeness (QED) is 0.116. The smallest absolute Gasteiger partial charge is 0.407 e. The molecule has 2 aromatic heterocycles. The molecule has 0 atom stereocenters. The van der Waals surface area contributed by atoms with Gasteiger partial charge in [-0.1, -0.05) is 24.3 Å². The largest absolute Gasteiger partial charge is 0.506 e. The molecular formula is C36H38FN7O4. The number of imidazole rings is 1. The van der Waals surface area contributed by atoms with E-state index in [1.807, 2.05) is 39.0 Å². The number of para-hydroxylation sites is 1. The molecule has 0 bridgehead atoms. The van der Waals surface area contributed by atoms with Gasteiger partial charge in [0.05, 0.1) is 11.3 Å². The van der Waals surface area contributed by atoms with Crippen LogP contribution in [0.2, 0.25) is 0 Å². The van der Waals surface area contributed by atoms with Crippen molar-refractivity contribution in [1.82, 2.24) is 19.9 Å². The van der Waals surface area contributed by atoms with Crippen LogP contribution >= 0.6 is 0 Å². The van der Waals surface area contributed by atoms with Gasteiger partial charge in [-0.15, -0.1) is 5.10 Å². The van der Waals surface area contributed by atoms with Gasteiger partial charge in [-0.3, -0.25) is 4.79 Å². The number of aromatic hydroxyl groups is 1. The predicted octanol–water partition coefficient (Wildman–Crippen LogP) is 7.48. The first-order valence-electron chi connectivity index (χ1n) is 15.9. The van der Waals surface area contributed by atoms with Crippen LogP contribution in [0.5, 0.6) is 5.75 Å². The van der Waals surface area contributed by atoms with Crippen LogP contribution in [-0.4, -0.2) is 49.4 Å². The van der Waals surface area contributed by atoms with Gasteiger partial charge in [0.2, 0.25) is 0 Å². The number of hydrogen-bond acceptors (Lipinski definition) is 8. The molecule has 1 fully saturated rings. The van der Waals surface area contributed by atoms with Crippen LogP contribution in [0.25, 0.3) is 16.8 Å². The lowest BCUT2D eigenvalue weighted by Crippen LogP contribution is -2.42. The zero-order chi connectivity index (χ0) is 33.8. The molecule has 0 aliphatic heterocycles. The van der Waals surface area contributed by atoms with Crippen molar-refractivity contribution in [2.45, 2.75) is 64.1 Å². The first-order chi connectivity index (χ1) is 23.0. The van der Waals surface area contributed by atoms with Crippen LogP contribution in [-0.2, 0) is 4.74 Å². The molecule has 2 amide bonds. The zero-order valence-electron chi connectivity index (χ0n) is 27.0. The number of phenols is 1. The van der Waals surface area contributed by atoms with Crippen molar-refractivity contribution in [1.29, 1.82) is 0 Å². The Hall–Kier alpha value is -5.65. The average molecular weight is 652 g/mol. The van der Waals surface area contributed by atoms with Gasteiger partial charge in [0.1, 0.15) is 23.0 Å². The van der Waals surface area contributed by atoms with E-state index in [0.717, 1.165) is 37.1 Å². The zero-order valence-corrected chi connectivity index (χ0v) is 27.0. The van der Waals surface area contributed by atoms with E-state index in [2.05, 4.69) is 31.3 Å². The maximum atomic E-state index is 13.4. The van der Waals surface area contributed by atoms with Crippen molar-refractivity contribution in [3.05, 3.63) is 96.6 Å². The number of rotatable bonds is 8. The van der Waals surface area contributed by atoms with Crippen LogP contribution < -0.4 is 21.3 Å². The number of hydrogen-bond donors (Lipinski definition) is 5. The number of carbonyl (C=O) groups is 2. The first kappa shape index (κ1) is 32.3. The van der Waals surface area contributed by atoms with Gasteiger partial charge in [0.25, 0.3) is 5.91 Å². The summed E-state index contributed by atoms with van der Waals surface area (Å²) in [5, 5.41) is 28.3. The molecule has 0 spiro atoms. The highest BCUT2D eigenvalue weighted by Gasteiger charge is 2.25. The van der Waals surface area contributed by atoms with Crippen LogP contribution in [0.4, 0.5) is 32.1 Å². The van der Waals surface area contributed by atoms with E-state index in [0.29, 0.717) is 28.3 Å². The third-order valence-corrected chi connectivity index (χ3v) is 8.02. The Labute approximate surface area is 277 Å². The Morgan fingerprint density at radius 1 is 0.938 bits per heavy atom. The lowest BCUT2D eigenvalue weighted by atomic mass is 9.91. The second-order valence-corrected chi connectivity index (χ2v) is 12.8. The second kappa shape index (κ2) is 13.6. The summed E-state index contributed by atoms with van der Waals surface area (Å²) in [5.74, 6) is -0.352. The van der Waals surface area contributed by atoms with E-state index in [-0.39, 0.29) is 35.3 Å². The van der Waals surface area contributed by atoms with Crippen LogP contribution in [0, 0.1) is 5.82 Å². The van der Waals surface area contributed by atoms with Crippen molar-refractivity contribution in [2.24, 2.45) is 0 Å². The highest BCUT2D eigenvalue weighted by Crippen LogP contribution is 2.33. The van der Waals surface area contributed by atoms with Gasteiger partial charge >= 0.3 is 6.09 Å². The summed E-state index contributed by atoms with van der Waals surface area (Å²) < 4.78 is 20.5. The first-order valence-corrected chi connectivity index (χ1v) is 15.9. The van der Waals surface area contributed by atoms with Gasteiger partial charge in [-0.2, -0.15) is 0 Å². The summed E-state index contributed by atoms with van der Waals surface area (Å²) in [6.45, 7) is 5.55. The fraction of sp³-hybridized carbons (Fsp3) is 0.278. The number of anilines is 4. The summed E-state index contributed by atoms with van der Waals surface area (Å²) in [4.78, 5) is 29.7. The molecule has 0 saturated heterocycles. The second-order valence-electron chi connectivity index (χ2n) is 12.8. The van der Waals surface area contributed by atoms with E-state index < -0.39 is 11.5 Å². The number of halogens is 1. The number of carbonyl (C=O) groups excluding carboxylic acids is 2. The number of ether oxygens (including phenoxy) is 1. The Morgan fingerprint density at radius 2 is 1.62 bits per heavy atom. The van der Waals surface area contributed by atoms with Crippen molar-refractivity contribution < 1.29 is 23.8 Å². The summed E-state index contributed by atoms with van der Waals surface area (Å²) in [5.41, 5.74) is 3.31. The van der Waals surface area contributed by atoms with Gasteiger partial charge in [-0.25, -0.2) is 18.7 Å². The molecule has 12 heteroatoms. The minimum Gasteiger partial charge on any atom is -0.506 e. The summed E-state index contributed by atoms with van der Waals surface area (Å²) >= 11 is 0. The molecule has 1 aliphatic carbocycles. The molecule has 48 heavy (non-hydrogen) atoms. The van der Waals surface area contributed by atoms with E-state index >= 15 is 0 Å². The summed E-state index contributed by atoms with van der Waals surface area (Å²) in [6, 6.07) is 19.9. The minimum absolute atomic E-state index is 0.0734. The van der Waals surface area contributed by atoms with Crippen molar-refractivity contribution in [3.8, 4) is 16.9 Å². The molecule has 1 saturated carbocycles. The van der Waals surface area contributed by atoms with Gasteiger partial charge in [0, 0.05) is 47.5 Å². The van der Waals surface area contributed by atoms with Gasteiger partial charge in [0.15, 0.2) is 5.65 Å². The molecule has 248 valence electrons. The normalized spacial score (nSPS) is 16.2. The maximum Gasteiger partial charge on any atom is 0.407 e. The number of nitrogens with zero attached hydrogens (tertiary/aromatic N) is 3. The number of phenolic OH excluding ortho intramolecular Hbond substituents is 1. The fourth-order valence-electron chi connectivity index (χ4n) is 5.72. The summed E-state index contributed by atoms with van der Waals surface area (Å²) in [7, 11) is 0. The molecule has 6 rings (SSSR count). The Balaban J connectivity index is 1.08. The highest BCUT2D eigenvalue weighted by molar-refractivity contribution is 6.07. The minimum atomic E-state index is -0.531. The average Bonchev–Trinajstić information content (AvgIpc) is 3.52. The Kier molecular flexibility index (Phi) is 9.15. The van der Waals surface area contributed by atoms with E-state index in [4.69, 9.17) is 4.74 Å². The number of benzene rings is 3. The molecule has 0 unspecified atom stereocenters. The van der Waals surface area contributed by atoms with Crippen LogP contribution in [0.3, 0.4) is 0 Å². The molecule has 11 nitrogen and oxygen atoms in total. The molecule has 3 aromatic carbocycles. The Bertz CT molecular complexity index is 1910. The molecule has 5 aromatic rings. The Morgan fingerprint density at radius 3 is 2.33 bits per heavy atom. The van der Waals surface area contributed by atoms with Crippen molar-refractivity contribution in [2.75, 3.05) is 16.0 Å². The fourth-order valence-corrected chi connectivity index (χ4v) is 5.72. The third kappa shape index (κ3) is 7.83. The number of fused-ring (bicyclic) bond motifs is 1. The summed E-state index contributed by atoms with van der Waals surface area (Å²) in [6.07, 6.45) is 6.48.